The number of aryl methyl sites for hydroxylation is 1. The maximum absolute atomic E-state index is 12.9. The van der Waals surface area contributed by atoms with E-state index in [-0.39, 0.29) is 17.3 Å². The SMILES string of the molecule is COc1cc(C=NNC(=O)CN2CCN(S(=O)(=O)c3ccc(C)cc3)CC2)ccc1OCc1ccccc1. The lowest BCUT2D eigenvalue weighted by molar-refractivity contribution is -0.122. The fourth-order valence-electron chi connectivity index (χ4n) is 4.02. The number of rotatable bonds is 10. The van der Waals surface area contributed by atoms with Crippen molar-refractivity contribution in [2.45, 2.75) is 18.4 Å². The first kappa shape index (κ1) is 27.3. The number of carbonyl (C=O) groups excluding carboxylic acids is 1. The molecule has 0 saturated carbocycles. The Hall–Kier alpha value is -3.73. The number of hydrogen-bond donors (Lipinski definition) is 1. The van der Waals surface area contributed by atoms with Crippen molar-refractivity contribution in [3.8, 4) is 11.5 Å². The van der Waals surface area contributed by atoms with Gasteiger partial charge in [0.15, 0.2) is 11.5 Å². The number of carbonyl (C=O) groups is 1. The van der Waals surface area contributed by atoms with E-state index < -0.39 is 10.0 Å². The molecule has 0 radical (unpaired) electrons. The number of piperazine rings is 1. The fraction of sp³-hybridized carbons (Fsp3) is 0.286. The Balaban J connectivity index is 1.24. The molecule has 9 nitrogen and oxygen atoms in total. The summed E-state index contributed by atoms with van der Waals surface area (Å²) in [6, 6.07) is 22.1. The van der Waals surface area contributed by atoms with Gasteiger partial charge in [0.25, 0.3) is 5.91 Å². The minimum Gasteiger partial charge on any atom is -0.493 e. The normalized spacial score (nSPS) is 14.9. The molecule has 4 rings (SSSR count). The molecule has 3 aromatic rings. The van der Waals surface area contributed by atoms with Gasteiger partial charge in [-0.3, -0.25) is 9.69 Å². The molecule has 3 aromatic carbocycles. The lowest BCUT2D eigenvalue weighted by atomic mass is 10.2. The molecular weight excluding hydrogens is 504 g/mol. The quantitative estimate of drug-likeness (QED) is 0.316. The summed E-state index contributed by atoms with van der Waals surface area (Å²) in [6.45, 7) is 4.04. The number of sulfonamides is 1. The molecule has 10 heteroatoms. The van der Waals surface area contributed by atoms with Crippen LogP contribution in [0.1, 0.15) is 16.7 Å². The summed E-state index contributed by atoms with van der Waals surface area (Å²) in [4.78, 5) is 14.6. The zero-order valence-electron chi connectivity index (χ0n) is 21.5. The van der Waals surface area contributed by atoms with Gasteiger partial charge in [0, 0.05) is 26.2 Å². The van der Waals surface area contributed by atoms with Gasteiger partial charge in [0.05, 0.1) is 24.8 Å². The Labute approximate surface area is 223 Å². The average molecular weight is 537 g/mol. The Morgan fingerprint density at radius 1 is 0.974 bits per heavy atom. The second kappa shape index (κ2) is 12.7. The van der Waals surface area contributed by atoms with Crippen LogP contribution < -0.4 is 14.9 Å². The van der Waals surface area contributed by atoms with E-state index in [9.17, 15) is 13.2 Å². The molecule has 1 amide bonds. The van der Waals surface area contributed by atoms with Crippen molar-refractivity contribution in [2.24, 2.45) is 5.10 Å². The number of hydrazone groups is 1. The van der Waals surface area contributed by atoms with Crippen LogP contribution in [0.4, 0.5) is 0 Å². The highest BCUT2D eigenvalue weighted by Gasteiger charge is 2.28. The first-order valence-corrected chi connectivity index (χ1v) is 13.7. The number of hydrogen-bond acceptors (Lipinski definition) is 7. The molecule has 200 valence electrons. The Morgan fingerprint density at radius 3 is 2.37 bits per heavy atom. The van der Waals surface area contributed by atoms with Crippen LogP contribution in [0.2, 0.25) is 0 Å². The molecular formula is C28H32N4O5S. The van der Waals surface area contributed by atoms with E-state index in [1.807, 2.05) is 48.2 Å². The highest BCUT2D eigenvalue weighted by molar-refractivity contribution is 7.89. The maximum Gasteiger partial charge on any atom is 0.254 e. The largest absolute Gasteiger partial charge is 0.493 e. The summed E-state index contributed by atoms with van der Waals surface area (Å²) >= 11 is 0. The highest BCUT2D eigenvalue weighted by atomic mass is 32.2. The van der Waals surface area contributed by atoms with Crippen LogP contribution in [-0.2, 0) is 21.4 Å². The molecule has 1 heterocycles. The molecule has 0 aliphatic carbocycles. The predicted molar refractivity (Wildman–Crippen MR) is 146 cm³/mol. The second-order valence-electron chi connectivity index (χ2n) is 8.97. The van der Waals surface area contributed by atoms with Gasteiger partial charge in [-0.15, -0.1) is 0 Å². The predicted octanol–water partition coefficient (Wildman–Crippen LogP) is 3.04. The highest BCUT2D eigenvalue weighted by Crippen LogP contribution is 2.28. The lowest BCUT2D eigenvalue weighted by Crippen LogP contribution is -2.50. The maximum atomic E-state index is 12.9. The van der Waals surface area contributed by atoms with Crippen molar-refractivity contribution in [1.29, 1.82) is 0 Å². The number of ether oxygens (including phenoxy) is 2. The summed E-state index contributed by atoms with van der Waals surface area (Å²) < 4.78 is 38.5. The molecule has 0 bridgehead atoms. The van der Waals surface area contributed by atoms with Crippen LogP contribution in [0.25, 0.3) is 0 Å². The minimum atomic E-state index is -3.54. The number of nitrogens with one attached hydrogen (secondary N) is 1. The van der Waals surface area contributed by atoms with Crippen LogP contribution in [0.3, 0.4) is 0 Å². The van der Waals surface area contributed by atoms with E-state index in [4.69, 9.17) is 9.47 Å². The molecule has 1 fully saturated rings. The van der Waals surface area contributed by atoms with Gasteiger partial charge in [0.2, 0.25) is 10.0 Å². The van der Waals surface area contributed by atoms with Gasteiger partial charge in [-0.2, -0.15) is 9.41 Å². The van der Waals surface area contributed by atoms with Crippen LogP contribution >= 0.6 is 0 Å². The topological polar surface area (TPSA) is 101 Å². The fourth-order valence-corrected chi connectivity index (χ4v) is 5.45. The van der Waals surface area contributed by atoms with E-state index in [0.717, 1.165) is 16.7 Å². The van der Waals surface area contributed by atoms with Crippen LogP contribution in [-0.4, -0.2) is 69.6 Å². The van der Waals surface area contributed by atoms with Crippen molar-refractivity contribution in [2.75, 3.05) is 39.8 Å². The second-order valence-corrected chi connectivity index (χ2v) is 10.9. The van der Waals surface area contributed by atoms with Crippen molar-refractivity contribution in [3.05, 3.63) is 89.5 Å². The van der Waals surface area contributed by atoms with Crippen molar-refractivity contribution < 1.29 is 22.7 Å². The third kappa shape index (κ3) is 7.18. The number of amides is 1. The Bertz CT molecular complexity index is 1350. The summed E-state index contributed by atoms with van der Waals surface area (Å²) in [6.07, 6.45) is 1.54. The van der Waals surface area contributed by atoms with Crippen LogP contribution in [0, 0.1) is 6.92 Å². The summed E-state index contributed by atoms with van der Waals surface area (Å²) in [7, 11) is -1.97. The summed E-state index contributed by atoms with van der Waals surface area (Å²) in [5.74, 6) is 0.904. The zero-order chi connectivity index (χ0) is 27.0. The Morgan fingerprint density at radius 2 is 1.68 bits per heavy atom. The molecule has 1 aliphatic heterocycles. The molecule has 0 unspecified atom stereocenters. The molecule has 1 aliphatic rings. The third-order valence-corrected chi connectivity index (χ3v) is 8.10. The van der Waals surface area contributed by atoms with Crippen LogP contribution in [0.15, 0.2) is 82.8 Å². The third-order valence-electron chi connectivity index (χ3n) is 6.18. The molecule has 1 saturated heterocycles. The minimum absolute atomic E-state index is 0.130. The van der Waals surface area contributed by atoms with E-state index in [1.54, 1.807) is 43.5 Å². The smallest absolute Gasteiger partial charge is 0.254 e. The van der Waals surface area contributed by atoms with Gasteiger partial charge in [-0.25, -0.2) is 13.8 Å². The number of benzene rings is 3. The van der Waals surface area contributed by atoms with Crippen molar-refractivity contribution in [3.63, 3.8) is 0 Å². The van der Waals surface area contributed by atoms with Gasteiger partial charge in [0.1, 0.15) is 6.61 Å². The molecule has 0 spiro atoms. The van der Waals surface area contributed by atoms with Crippen molar-refractivity contribution >= 4 is 22.1 Å². The molecule has 0 aromatic heterocycles. The van der Waals surface area contributed by atoms with E-state index in [0.29, 0.717) is 44.3 Å². The average Bonchev–Trinajstić information content (AvgIpc) is 2.93. The Kier molecular flexibility index (Phi) is 9.11. The van der Waals surface area contributed by atoms with Gasteiger partial charge < -0.3 is 9.47 Å². The van der Waals surface area contributed by atoms with Gasteiger partial charge >= 0.3 is 0 Å². The van der Waals surface area contributed by atoms with E-state index in [2.05, 4.69) is 10.5 Å². The first-order valence-electron chi connectivity index (χ1n) is 12.3. The van der Waals surface area contributed by atoms with Gasteiger partial charge in [-0.05, 0) is 48.4 Å². The molecule has 0 atom stereocenters. The molecule has 1 N–H and O–H groups in total. The van der Waals surface area contributed by atoms with E-state index >= 15 is 0 Å². The number of nitrogens with zero attached hydrogens (tertiary/aromatic N) is 3. The standard InChI is InChI=1S/C28H32N4O5S/c1-22-8-11-25(12-9-22)38(34,35)32-16-14-31(15-17-32)20-28(33)30-29-19-24-10-13-26(27(18-24)36-2)37-21-23-6-4-3-5-7-23/h3-13,18-19H,14-17,20-21H2,1-2H3,(H,30,33). The zero-order valence-corrected chi connectivity index (χ0v) is 22.4. The van der Waals surface area contributed by atoms with Crippen molar-refractivity contribution in [1.82, 2.24) is 14.6 Å². The lowest BCUT2D eigenvalue weighted by Gasteiger charge is -2.33. The number of methoxy groups -OCH3 is 1. The summed E-state index contributed by atoms with van der Waals surface area (Å²) in [5, 5.41) is 4.05. The monoisotopic (exact) mass is 536 g/mol. The van der Waals surface area contributed by atoms with E-state index in [1.165, 1.54) is 10.5 Å². The first-order chi connectivity index (χ1) is 18.3. The van der Waals surface area contributed by atoms with Gasteiger partial charge in [-0.1, -0.05) is 48.0 Å². The molecule has 38 heavy (non-hydrogen) atoms. The van der Waals surface area contributed by atoms with Crippen LogP contribution in [0.5, 0.6) is 11.5 Å². The summed E-state index contributed by atoms with van der Waals surface area (Å²) in [5.41, 5.74) is 5.33.